The molecule has 0 aliphatic carbocycles. The molecule has 0 bridgehead atoms. The van der Waals surface area contributed by atoms with E-state index in [2.05, 4.69) is 12.2 Å². The van der Waals surface area contributed by atoms with Crippen LogP contribution >= 0.6 is 11.6 Å². The van der Waals surface area contributed by atoms with Gasteiger partial charge in [-0.05, 0) is 58.1 Å². The van der Waals surface area contributed by atoms with Crippen molar-refractivity contribution in [2.24, 2.45) is 11.8 Å². The minimum atomic E-state index is -1.22. The Hall–Kier alpha value is -2.02. The average molecular weight is 415 g/mol. The molecule has 1 heterocycles. The van der Waals surface area contributed by atoms with Gasteiger partial charge >= 0.3 is 12.1 Å². The SMILES string of the molecule is CC(Nc1cc(C(=O)O)cc(F)c1Cl)[C@H]1CCN(C(=O)OC(C)(C)C)C[C@H]1C. The van der Waals surface area contributed by atoms with Gasteiger partial charge in [0.25, 0.3) is 0 Å². The lowest BCUT2D eigenvalue weighted by molar-refractivity contribution is 0.0107. The van der Waals surface area contributed by atoms with Crippen molar-refractivity contribution in [1.82, 2.24) is 4.90 Å². The molecule has 1 fully saturated rings. The lowest BCUT2D eigenvalue weighted by Crippen LogP contribution is -2.48. The Morgan fingerprint density at radius 3 is 2.57 bits per heavy atom. The van der Waals surface area contributed by atoms with Gasteiger partial charge in [0.2, 0.25) is 0 Å². The molecule has 3 atom stereocenters. The van der Waals surface area contributed by atoms with Crippen molar-refractivity contribution in [1.29, 1.82) is 0 Å². The Balaban J connectivity index is 2.06. The number of nitrogens with zero attached hydrogens (tertiary/aromatic N) is 1. The van der Waals surface area contributed by atoms with Crippen molar-refractivity contribution in [3.63, 3.8) is 0 Å². The number of rotatable bonds is 4. The van der Waals surface area contributed by atoms with Crippen LogP contribution in [0, 0.1) is 17.7 Å². The monoisotopic (exact) mass is 414 g/mol. The number of ether oxygens (including phenoxy) is 1. The van der Waals surface area contributed by atoms with E-state index in [1.165, 1.54) is 6.07 Å². The Morgan fingerprint density at radius 1 is 1.39 bits per heavy atom. The van der Waals surface area contributed by atoms with Gasteiger partial charge in [-0.3, -0.25) is 0 Å². The molecule has 6 nitrogen and oxygen atoms in total. The number of carbonyl (C=O) groups excluding carboxylic acids is 1. The van der Waals surface area contributed by atoms with E-state index in [0.717, 1.165) is 12.5 Å². The average Bonchev–Trinajstić information content (AvgIpc) is 2.56. The molecular formula is C20H28ClFN2O4. The molecule has 1 aromatic rings. The normalized spacial score (nSPS) is 21.2. The summed E-state index contributed by atoms with van der Waals surface area (Å²) in [7, 11) is 0. The van der Waals surface area contributed by atoms with Gasteiger partial charge in [0, 0.05) is 19.1 Å². The molecule has 0 spiro atoms. The van der Waals surface area contributed by atoms with Gasteiger partial charge in [0.15, 0.2) is 0 Å². The molecule has 1 aliphatic heterocycles. The highest BCUT2D eigenvalue weighted by Gasteiger charge is 2.34. The van der Waals surface area contributed by atoms with Gasteiger partial charge in [-0.1, -0.05) is 18.5 Å². The number of benzene rings is 1. The quantitative estimate of drug-likeness (QED) is 0.734. The first-order valence-corrected chi connectivity index (χ1v) is 9.73. The van der Waals surface area contributed by atoms with E-state index in [1.807, 2.05) is 27.7 Å². The molecule has 1 aliphatic rings. The van der Waals surface area contributed by atoms with Crippen molar-refractivity contribution in [2.45, 2.75) is 52.7 Å². The van der Waals surface area contributed by atoms with Crippen molar-refractivity contribution < 1.29 is 23.8 Å². The largest absolute Gasteiger partial charge is 0.478 e. The Bertz CT molecular complexity index is 750. The van der Waals surface area contributed by atoms with Gasteiger partial charge in [-0.15, -0.1) is 0 Å². The second-order valence-electron chi connectivity index (χ2n) is 8.41. The summed E-state index contributed by atoms with van der Waals surface area (Å²) in [6.45, 7) is 10.6. The highest BCUT2D eigenvalue weighted by Crippen LogP contribution is 2.32. The van der Waals surface area contributed by atoms with E-state index in [4.69, 9.17) is 21.4 Å². The molecule has 1 aromatic carbocycles. The second-order valence-corrected chi connectivity index (χ2v) is 8.79. The summed E-state index contributed by atoms with van der Waals surface area (Å²) in [6.07, 6.45) is 0.422. The topological polar surface area (TPSA) is 78.9 Å². The van der Waals surface area contributed by atoms with E-state index in [0.29, 0.717) is 13.1 Å². The van der Waals surface area contributed by atoms with Crippen molar-refractivity contribution >= 4 is 29.4 Å². The van der Waals surface area contributed by atoms with Crippen LogP contribution in [0.1, 0.15) is 51.4 Å². The predicted octanol–water partition coefficient (Wildman–Crippen LogP) is 4.87. The number of carbonyl (C=O) groups is 2. The summed E-state index contributed by atoms with van der Waals surface area (Å²) in [6, 6.07) is 2.16. The molecule has 8 heteroatoms. The molecule has 2 rings (SSSR count). The van der Waals surface area contributed by atoms with Crippen molar-refractivity contribution in [3.05, 3.63) is 28.5 Å². The third-order valence-electron chi connectivity index (χ3n) is 4.92. The maximum Gasteiger partial charge on any atom is 0.410 e. The van der Waals surface area contributed by atoms with Gasteiger partial charge < -0.3 is 20.1 Å². The van der Waals surface area contributed by atoms with Crippen LogP contribution in [0.5, 0.6) is 0 Å². The number of amides is 1. The van der Waals surface area contributed by atoms with Crippen molar-refractivity contribution in [2.75, 3.05) is 18.4 Å². The lowest BCUT2D eigenvalue weighted by atomic mass is 9.82. The Labute approximate surface area is 170 Å². The number of halogens is 2. The predicted molar refractivity (Wildman–Crippen MR) is 107 cm³/mol. The highest BCUT2D eigenvalue weighted by molar-refractivity contribution is 6.33. The van der Waals surface area contributed by atoms with Crippen LogP contribution in [-0.2, 0) is 4.74 Å². The van der Waals surface area contributed by atoms with Gasteiger partial charge in [-0.25, -0.2) is 14.0 Å². The van der Waals surface area contributed by atoms with Crippen LogP contribution in [-0.4, -0.2) is 46.8 Å². The summed E-state index contributed by atoms with van der Waals surface area (Å²) in [5, 5.41) is 12.2. The zero-order valence-corrected chi connectivity index (χ0v) is 17.6. The van der Waals surface area contributed by atoms with Crippen LogP contribution in [0.25, 0.3) is 0 Å². The molecule has 1 unspecified atom stereocenters. The molecule has 156 valence electrons. The Kier molecular flexibility index (Phi) is 6.80. The van der Waals surface area contributed by atoms with Gasteiger partial charge in [0.1, 0.15) is 11.4 Å². The van der Waals surface area contributed by atoms with E-state index >= 15 is 0 Å². The minimum Gasteiger partial charge on any atom is -0.478 e. The molecule has 1 amide bonds. The van der Waals surface area contributed by atoms with Crippen LogP contribution in [0.15, 0.2) is 12.1 Å². The number of likely N-dealkylation sites (tertiary alicyclic amines) is 1. The fourth-order valence-corrected chi connectivity index (χ4v) is 3.73. The van der Waals surface area contributed by atoms with Gasteiger partial charge in [0.05, 0.1) is 16.3 Å². The smallest absolute Gasteiger partial charge is 0.410 e. The van der Waals surface area contributed by atoms with Crippen LogP contribution in [0.3, 0.4) is 0 Å². The highest BCUT2D eigenvalue weighted by atomic mass is 35.5. The fraction of sp³-hybridized carbons (Fsp3) is 0.600. The lowest BCUT2D eigenvalue weighted by Gasteiger charge is -2.40. The van der Waals surface area contributed by atoms with Crippen LogP contribution in [0.2, 0.25) is 5.02 Å². The standard InChI is InChI=1S/C20H28ClFN2O4/c1-11-10-24(19(27)28-20(3,4)5)7-6-14(11)12(2)23-16-9-13(18(25)26)8-15(22)17(16)21/h8-9,11-12,14,23H,6-7,10H2,1-5H3,(H,25,26)/t11-,12?,14+/m1/s1. The zero-order chi connectivity index (χ0) is 21.2. The summed E-state index contributed by atoms with van der Waals surface area (Å²) in [5.74, 6) is -1.62. The molecular weight excluding hydrogens is 387 g/mol. The van der Waals surface area contributed by atoms with E-state index < -0.39 is 17.4 Å². The summed E-state index contributed by atoms with van der Waals surface area (Å²) < 4.78 is 19.4. The van der Waals surface area contributed by atoms with Crippen LogP contribution < -0.4 is 5.32 Å². The second kappa shape index (κ2) is 8.55. The third-order valence-corrected chi connectivity index (χ3v) is 5.31. The number of hydrogen-bond donors (Lipinski definition) is 2. The van der Waals surface area contributed by atoms with Crippen molar-refractivity contribution in [3.8, 4) is 0 Å². The molecule has 2 N–H and O–H groups in total. The van der Waals surface area contributed by atoms with E-state index in [1.54, 1.807) is 4.90 Å². The van der Waals surface area contributed by atoms with Crippen LogP contribution in [0.4, 0.5) is 14.9 Å². The number of hydrogen-bond acceptors (Lipinski definition) is 4. The molecule has 1 saturated heterocycles. The Morgan fingerprint density at radius 2 is 2.04 bits per heavy atom. The summed E-state index contributed by atoms with van der Waals surface area (Å²) in [4.78, 5) is 25.2. The van der Waals surface area contributed by atoms with E-state index in [-0.39, 0.29) is 40.2 Å². The first-order chi connectivity index (χ1) is 12.9. The number of carboxylic acid groups (broad SMARTS) is 1. The summed E-state index contributed by atoms with van der Waals surface area (Å²) >= 11 is 6.02. The molecule has 0 aromatic heterocycles. The third kappa shape index (κ3) is 5.50. The number of carboxylic acids is 1. The first kappa shape index (κ1) is 22.3. The summed E-state index contributed by atoms with van der Waals surface area (Å²) in [5.41, 5.74) is -0.445. The van der Waals surface area contributed by atoms with Gasteiger partial charge in [-0.2, -0.15) is 0 Å². The fourth-order valence-electron chi connectivity index (χ4n) is 3.57. The number of anilines is 1. The zero-order valence-electron chi connectivity index (χ0n) is 16.9. The molecule has 28 heavy (non-hydrogen) atoms. The van der Waals surface area contributed by atoms with E-state index in [9.17, 15) is 14.0 Å². The number of nitrogens with one attached hydrogen (secondary N) is 1. The maximum absolute atomic E-state index is 14.0. The number of piperidine rings is 1. The molecule has 0 saturated carbocycles. The molecule has 0 radical (unpaired) electrons. The minimum absolute atomic E-state index is 0.0864. The number of aromatic carboxylic acids is 1. The maximum atomic E-state index is 14.0. The first-order valence-electron chi connectivity index (χ1n) is 9.36.